The van der Waals surface area contributed by atoms with E-state index in [4.69, 9.17) is 0 Å². The quantitative estimate of drug-likeness (QED) is 0.792. The van der Waals surface area contributed by atoms with E-state index in [0.717, 1.165) is 16.8 Å². The van der Waals surface area contributed by atoms with Gasteiger partial charge in [-0.15, -0.1) is 21.5 Å². The second-order valence-electron chi connectivity index (χ2n) is 4.59. The highest BCUT2D eigenvalue weighted by Crippen LogP contribution is 2.40. The molecule has 4 heteroatoms. The lowest BCUT2D eigenvalue weighted by molar-refractivity contribution is 0.223. The fourth-order valence-corrected chi connectivity index (χ4v) is 4.03. The van der Waals surface area contributed by atoms with E-state index in [1.54, 1.807) is 11.3 Å². The summed E-state index contributed by atoms with van der Waals surface area (Å²) in [6.45, 7) is 2.03. The third-order valence-electron chi connectivity index (χ3n) is 3.29. The van der Waals surface area contributed by atoms with Gasteiger partial charge in [-0.1, -0.05) is 35.2 Å². The average Bonchev–Trinajstić information content (AvgIpc) is 2.65. The number of rotatable bonds is 3. The zero-order valence-corrected chi connectivity index (χ0v) is 11.5. The Morgan fingerprint density at radius 1 is 1.27 bits per heavy atom. The van der Waals surface area contributed by atoms with Gasteiger partial charge in [-0.25, -0.2) is 0 Å². The Balaban J connectivity index is 2.06. The zero-order chi connectivity index (χ0) is 10.7. The van der Waals surface area contributed by atoms with Gasteiger partial charge in [0.1, 0.15) is 10.0 Å². The number of halogens is 1. The van der Waals surface area contributed by atoms with Gasteiger partial charge in [0, 0.05) is 11.8 Å². The summed E-state index contributed by atoms with van der Waals surface area (Å²) in [5.41, 5.74) is 0.463. The lowest BCUT2D eigenvalue weighted by Gasteiger charge is -2.34. The van der Waals surface area contributed by atoms with Crippen LogP contribution < -0.4 is 0 Å². The molecule has 1 aliphatic carbocycles. The zero-order valence-electron chi connectivity index (χ0n) is 9.13. The molecule has 1 fully saturated rings. The van der Waals surface area contributed by atoms with Gasteiger partial charge in [0.15, 0.2) is 0 Å². The van der Waals surface area contributed by atoms with Crippen LogP contribution in [0.4, 0.5) is 0 Å². The van der Waals surface area contributed by atoms with Crippen LogP contribution in [0.5, 0.6) is 0 Å². The maximum atomic E-state index is 4.25. The monoisotopic (exact) mass is 288 g/mol. The Morgan fingerprint density at radius 2 is 2.00 bits per heavy atom. The summed E-state index contributed by atoms with van der Waals surface area (Å²) in [6, 6.07) is 0. The first kappa shape index (κ1) is 11.5. The van der Waals surface area contributed by atoms with Crippen molar-refractivity contribution in [3.8, 4) is 0 Å². The Hall–Kier alpha value is 0.0400. The van der Waals surface area contributed by atoms with Gasteiger partial charge in [0.05, 0.1) is 0 Å². The Morgan fingerprint density at radius 3 is 2.53 bits per heavy atom. The van der Waals surface area contributed by atoms with E-state index >= 15 is 0 Å². The molecule has 0 atom stereocenters. The molecule has 1 aliphatic rings. The molecule has 0 radical (unpaired) electrons. The molecule has 0 spiro atoms. The van der Waals surface area contributed by atoms with Crippen LogP contribution >= 0.6 is 27.3 Å². The summed E-state index contributed by atoms with van der Waals surface area (Å²) in [4.78, 5) is 0. The molecule has 84 valence electrons. The number of nitrogens with zero attached hydrogens (tertiary/aromatic N) is 2. The van der Waals surface area contributed by atoms with Gasteiger partial charge in [-0.05, 0) is 25.2 Å². The average molecular weight is 289 g/mol. The summed E-state index contributed by atoms with van der Waals surface area (Å²) in [6.07, 6.45) is 7.97. The van der Waals surface area contributed by atoms with E-state index in [9.17, 15) is 0 Å². The third-order valence-corrected chi connectivity index (χ3v) is 5.32. The minimum atomic E-state index is 0.463. The van der Waals surface area contributed by atoms with Gasteiger partial charge in [0.2, 0.25) is 0 Å². The van der Waals surface area contributed by atoms with Crippen LogP contribution in [0.15, 0.2) is 0 Å². The molecule has 0 N–H and O–H groups in total. The molecule has 2 rings (SSSR count). The molecule has 15 heavy (non-hydrogen) atoms. The summed E-state index contributed by atoms with van der Waals surface area (Å²) in [7, 11) is 0. The van der Waals surface area contributed by atoms with Gasteiger partial charge in [-0.2, -0.15) is 0 Å². The van der Waals surface area contributed by atoms with Gasteiger partial charge >= 0.3 is 0 Å². The highest BCUT2D eigenvalue weighted by molar-refractivity contribution is 9.09. The first-order valence-electron chi connectivity index (χ1n) is 5.59. The number of alkyl halides is 1. The van der Waals surface area contributed by atoms with E-state index in [1.807, 2.05) is 6.92 Å². The van der Waals surface area contributed by atoms with Crippen LogP contribution in [0, 0.1) is 12.3 Å². The van der Waals surface area contributed by atoms with E-state index in [-0.39, 0.29) is 0 Å². The smallest absolute Gasteiger partial charge is 0.118 e. The summed E-state index contributed by atoms with van der Waals surface area (Å²) >= 11 is 5.44. The van der Waals surface area contributed by atoms with Gasteiger partial charge in [0.25, 0.3) is 0 Å². The molecule has 1 saturated carbocycles. The topological polar surface area (TPSA) is 25.8 Å². The van der Waals surface area contributed by atoms with Crippen LogP contribution in [0.2, 0.25) is 0 Å². The third kappa shape index (κ3) is 2.78. The molecule has 2 nitrogen and oxygen atoms in total. The molecule has 0 bridgehead atoms. The second kappa shape index (κ2) is 4.91. The fourth-order valence-electron chi connectivity index (χ4n) is 2.39. The lowest BCUT2D eigenvalue weighted by Crippen LogP contribution is -2.28. The first-order chi connectivity index (χ1) is 7.24. The van der Waals surface area contributed by atoms with Crippen molar-refractivity contribution < 1.29 is 0 Å². The second-order valence-corrected chi connectivity index (χ2v) is 6.41. The lowest BCUT2D eigenvalue weighted by atomic mass is 9.73. The van der Waals surface area contributed by atoms with Crippen LogP contribution in [0.3, 0.4) is 0 Å². The molecule has 1 heterocycles. The fraction of sp³-hybridized carbons (Fsp3) is 0.818. The van der Waals surface area contributed by atoms with Crippen molar-refractivity contribution in [1.82, 2.24) is 10.2 Å². The van der Waals surface area contributed by atoms with E-state index in [0.29, 0.717) is 5.41 Å². The molecule has 0 saturated heterocycles. The predicted octanol–water partition coefficient (Wildman–Crippen LogP) is 3.73. The number of aromatic nitrogens is 2. The summed E-state index contributed by atoms with van der Waals surface area (Å²) in [5, 5.41) is 11.8. The molecular weight excluding hydrogens is 272 g/mol. The van der Waals surface area contributed by atoms with Crippen LogP contribution in [0.25, 0.3) is 0 Å². The van der Waals surface area contributed by atoms with Crippen LogP contribution in [0.1, 0.15) is 42.1 Å². The summed E-state index contributed by atoms with van der Waals surface area (Å²) in [5.74, 6) is 0. The minimum absolute atomic E-state index is 0.463. The van der Waals surface area contributed by atoms with Crippen molar-refractivity contribution in [3.63, 3.8) is 0 Å². The molecular formula is C11H17BrN2S. The standard InChI is InChI=1S/C11H17BrN2S/c1-9-13-14-10(15-9)7-11(8-12)5-3-2-4-6-11/h2-8H2,1H3. The maximum absolute atomic E-state index is 4.25. The molecule has 0 unspecified atom stereocenters. The van der Waals surface area contributed by atoms with Crippen LogP contribution in [-0.2, 0) is 6.42 Å². The van der Waals surface area contributed by atoms with Crippen molar-refractivity contribution in [2.45, 2.75) is 45.4 Å². The van der Waals surface area contributed by atoms with Crippen molar-refractivity contribution in [1.29, 1.82) is 0 Å². The van der Waals surface area contributed by atoms with E-state index in [2.05, 4.69) is 26.1 Å². The Bertz CT molecular complexity index is 318. The highest BCUT2D eigenvalue weighted by atomic mass is 79.9. The van der Waals surface area contributed by atoms with Crippen molar-refractivity contribution in [3.05, 3.63) is 10.0 Å². The number of hydrogen-bond acceptors (Lipinski definition) is 3. The Labute approximate surface area is 104 Å². The summed E-state index contributed by atoms with van der Waals surface area (Å²) < 4.78 is 0. The first-order valence-corrected chi connectivity index (χ1v) is 7.53. The number of aryl methyl sites for hydroxylation is 1. The van der Waals surface area contributed by atoms with E-state index < -0.39 is 0 Å². The Kier molecular flexibility index (Phi) is 3.78. The predicted molar refractivity (Wildman–Crippen MR) is 67.7 cm³/mol. The molecule has 0 aliphatic heterocycles. The molecule has 0 amide bonds. The largest absolute Gasteiger partial charge is 0.144 e. The van der Waals surface area contributed by atoms with Crippen LogP contribution in [-0.4, -0.2) is 15.5 Å². The van der Waals surface area contributed by atoms with Crippen molar-refractivity contribution in [2.24, 2.45) is 5.41 Å². The van der Waals surface area contributed by atoms with Crippen molar-refractivity contribution in [2.75, 3.05) is 5.33 Å². The van der Waals surface area contributed by atoms with E-state index in [1.165, 1.54) is 37.1 Å². The SMILES string of the molecule is Cc1nnc(CC2(CBr)CCCCC2)s1. The van der Waals surface area contributed by atoms with Crippen molar-refractivity contribution >= 4 is 27.3 Å². The normalized spacial score (nSPS) is 20.4. The maximum Gasteiger partial charge on any atom is 0.118 e. The molecule has 1 aromatic heterocycles. The highest BCUT2D eigenvalue weighted by Gasteiger charge is 2.32. The number of hydrogen-bond donors (Lipinski definition) is 0. The minimum Gasteiger partial charge on any atom is -0.144 e. The molecule has 1 aromatic rings. The molecule has 0 aromatic carbocycles. The van der Waals surface area contributed by atoms with Gasteiger partial charge in [-0.3, -0.25) is 0 Å². The van der Waals surface area contributed by atoms with Gasteiger partial charge < -0.3 is 0 Å².